The fourth-order valence-corrected chi connectivity index (χ4v) is 2.30. The molecule has 2 N–H and O–H groups in total. The number of fused-ring (bicyclic) bond motifs is 1. The van der Waals surface area contributed by atoms with Crippen molar-refractivity contribution in [1.82, 2.24) is 20.3 Å². The SMILES string of the molecule is O=C(c1ccc2n[nH]nc2c1)N1CCC[C@H](O)C1. The van der Waals surface area contributed by atoms with Crippen LogP contribution in [0.1, 0.15) is 23.2 Å². The van der Waals surface area contributed by atoms with Crippen LogP contribution in [0.2, 0.25) is 0 Å². The Balaban J connectivity index is 1.86. The fraction of sp³-hybridized carbons (Fsp3) is 0.417. The van der Waals surface area contributed by atoms with Gasteiger partial charge in [-0.25, -0.2) is 0 Å². The highest BCUT2D eigenvalue weighted by atomic mass is 16.3. The number of likely N-dealkylation sites (tertiary alicyclic amines) is 1. The molecule has 94 valence electrons. The normalized spacial score (nSPS) is 20.3. The van der Waals surface area contributed by atoms with E-state index in [9.17, 15) is 9.90 Å². The fourth-order valence-electron chi connectivity index (χ4n) is 2.30. The van der Waals surface area contributed by atoms with Gasteiger partial charge >= 0.3 is 0 Å². The number of amides is 1. The monoisotopic (exact) mass is 246 g/mol. The van der Waals surface area contributed by atoms with Gasteiger partial charge in [0.25, 0.3) is 5.91 Å². The van der Waals surface area contributed by atoms with Crippen molar-refractivity contribution in [3.05, 3.63) is 23.8 Å². The molecular formula is C12H14N4O2. The maximum Gasteiger partial charge on any atom is 0.254 e. The van der Waals surface area contributed by atoms with Crippen LogP contribution in [0, 0.1) is 0 Å². The van der Waals surface area contributed by atoms with Crippen molar-refractivity contribution in [2.24, 2.45) is 0 Å². The number of H-pyrrole nitrogens is 1. The van der Waals surface area contributed by atoms with Gasteiger partial charge in [-0.15, -0.1) is 0 Å². The third-order valence-corrected chi connectivity index (χ3v) is 3.25. The zero-order chi connectivity index (χ0) is 12.5. The average molecular weight is 246 g/mol. The highest BCUT2D eigenvalue weighted by Gasteiger charge is 2.23. The number of piperidine rings is 1. The Labute approximate surface area is 104 Å². The molecule has 1 saturated heterocycles. The summed E-state index contributed by atoms with van der Waals surface area (Å²) >= 11 is 0. The van der Waals surface area contributed by atoms with E-state index >= 15 is 0 Å². The van der Waals surface area contributed by atoms with E-state index in [1.807, 2.05) is 0 Å². The lowest BCUT2D eigenvalue weighted by atomic mass is 10.1. The molecule has 3 rings (SSSR count). The van der Waals surface area contributed by atoms with E-state index in [1.165, 1.54) is 0 Å². The summed E-state index contributed by atoms with van der Waals surface area (Å²) in [6.45, 7) is 1.11. The third kappa shape index (κ3) is 1.95. The Bertz CT molecular complexity index is 580. The molecule has 2 heterocycles. The molecule has 1 aromatic heterocycles. The number of hydrogen-bond donors (Lipinski definition) is 2. The van der Waals surface area contributed by atoms with Crippen LogP contribution in [0.15, 0.2) is 18.2 Å². The van der Waals surface area contributed by atoms with E-state index in [-0.39, 0.29) is 5.91 Å². The quantitative estimate of drug-likeness (QED) is 0.770. The second kappa shape index (κ2) is 4.38. The number of carbonyl (C=O) groups is 1. The van der Waals surface area contributed by atoms with Crippen LogP contribution in [0.4, 0.5) is 0 Å². The van der Waals surface area contributed by atoms with E-state index in [1.54, 1.807) is 23.1 Å². The summed E-state index contributed by atoms with van der Waals surface area (Å²) < 4.78 is 0. The van der Waals surface area contributed by atoms with Gasteiger partial charge in [-0.2, -0.15) is 15.4 Å². The molecule has 1 aliphatic rings. The summed E-state index contributed by atoms with van der Waals surface area (Å²) in [5.74, 6) is -0.0568. The summed E-state index contributed by atoms with van der Waals surface area (Å²) in [4.78, 5) is 14.0. The minimum Gasteiger partial charge on any atom is -0.391 e. The van der Waals surface area contributed by atoms with Gasteiger partial charge in [0.15, 0.2) is 0 Å². The van der Waals surface area contributed by atoms with Crippen molar-refractivity contribution in [2.75, 3.05) is 13.1 Å². The first kappa shape index (κ1) is 11.2. The van der Waals surface area contributed by atoms with Crippen LogP contribution < -0.4 is 0 Å². The number of carbonyl (C=O) groups excluding carboxylic acids is 1. The zero-order valence-electron chi connectivity index (χ0n) is 9.83. The Morgan fingerprint density at radius 3 is 3.06 bits per heavy atom. The average Bonchev–Trinajstić information content (AvgIpc) is 2.85. The van der Waals surface area contributed by atoms with E-state index < -0.39 is 6.10 Å². The first-order valence-electron chi connectivity index (χ1n) is 6.02. The summed E-state index contributed by atoms with van der Waals surface area (Å²) in [6, 6.07) is 5.24. The van der Waals surface area contributed by atoms with Crippen molar-refractivity contribution in [3.8, 4) is 0 Å². The molecule has 18 heavy (non-hydrogen) atoms. The van der Waals surface area contributed by atoms with Crippen LogP contribution in [-0.2, 0) is 0 Å². The van der Waals surface area contributed by atoms with Gasteiger partial charge in [0, 0.05) is 18.7 Å². The lowest BCUT2D eigenvalue weighted by Gasteiger charge is -2.30. The lowest BCUT2D eigenvalue weighted by molar-refractivity contribution is 0.0474. The third-order valence-electron chi connectivity index (χ3n) is 3.25. The minimum atomic E-state index is -0.404. The number of aromatic nitrogens is 3. The maximum atomic E-state index is 12.3. The van der Waals surface area contributed by atoms with Crippen molar-refractivity contribution in [1.29, 1.82) is 0 Å². The number of aliphatic hydroxyl groups is 1. The Kier molecular flexibility index (Phi) is 2.71. The number of hydrogen-bond acceptors (Lipinski definition) is 4. The number of aromatic amines is 1. The molecule has 0 saturated carbocycles. The molecule has 1 amide bonds. The Morgan fingerprint density at radius 1 is 1.39 bits per heavy atom. The van der Waals surface area contributed by atoms with Gasteiger partial charge in [0.2, 0.25) is 0 Å². The van der Waals surface area contributed by atoms with Crippen molar-refractivity contribution < 1.29 is 9.90 Å². The van der Waals surface area contributed by atoms with Gasteiger partial charge in [-0.3, -0.25) is 4.79 Å². The Morgan fingerprint density at radius 2 is 2.22 bits per heavy atom. The molecule has 1 fully saturated rings. The number of aliphatic hydroxyl groups excluding tert-OH is 1. The molecule has 0 spiro atoms. The summed E-state index contributed by atoms with van der Waals surface area (Å²) in [5, 5.41) is 20.0. The van der Waals surface area contributed by atoms with Gasteiger partial charge in [-0.05, 0) is 31.0 Å². The van der Waals surface area contributed by atoms with Crippen molar-refractivity contribution >= 4 is 16.9 Å². The minimum absolute atomic E-state index is 0.0568. The molecule has 0 radical (unpaired) electrons. The van der Waals surface area contributed by atoms with Crippen molar-refractivity contribution in [2.45, 2.75) is 18.9 Å². The number of benzene rings is 1. The molecule has 6 heteroatoms. The van der Waals surface area contributed by atoms with Crippen LogP contribution in [0.25, 0.3) is 11.0 Å². The predicted octanol–water partition coefficient (Wildman–Crippen LogP) is 0.555. The standard InChI is InChI=1S/C12H14N4O2/c17-9-2-1-5-16(7-9)12(18)8-3-4-10-11(6-8)14-15-13-10/h3-4,6,9,17H,1-2,5,7H2,(H,13,14,15)/t9-/m0/s1. The van der Waals surface area contributed by atoms with Gasteiger partial charge in [-0.1, -0.05) is 0 Å². The van der Waals surface area contributed by atoms with Crippen LogP contribution >= 0.6 is 0 Å². The highest BCUT2D eigenvalue weighted by molar-refractivity contribution is 5.97. The smallest absolute Gasteiger partial charge is 0.254 e. The summed E-state index contributed by atoms with van der Waals surface area (Å²) in [6.07, 6.45) is 1.21. The molecular weight excluding hydrogens is 232 g/mol. The lowest BCUT2D eigenvalue weighted by Crippen LogP contribution is -2.42. The molecule has 1 aromatic carbocycles. The molecule has 1 atom stereocenters. The first-order valence-corrected chi connectivity index (χ1v) is 6.02. The second-order valence-corrected chi connectivity index (χ2v) is 4.57. The van der Waals surface area contributed by atoms with E-state index in [0.717, 1.165) is 18.4 Å². The van der Waals surface area contributed by atoms with Crippen molar-refractivity contribution in [3.63, 3.8) is 0 Å². The molecule has 6 nitrogen and oxygen atoms in total. The van der Waals surface area contributed by atoms with Gasteiger partial charge < -0.3 is 10.0 Å². The maximum absolute atomic E-state index is 12.3. The van der Waals surface area contributed by atoms with Crippen LogP contribution in [0.3, 0.4) is 0 Å². The zero-order valence-corrected chi connectivity index (χ0v) is 9.83. The number of nitrogens with one attached hydrogen (secondary N) is 1. The van der Waals surface area contributed by atoms with E-state index in [0.29, 0.717) is 24.2 Å². The highest BCUT2D eigenvalue weighted by Crippen LogP contribution is 2.16. The van der Waals surface area contributed by atoms with Gasteiger partial charge in [0.05, 0.1) is 6.10 Å². The largest absolute Gasteiger partial charge is 0.391 e. The molecule has 0 unspecified atom stereocenters. The number of nitrogens with zero attached hydrogens (tertiary/aromatic N) is 3. The topological polar surface area (TPSA) is 82.1 Å². The molecule has 1 aliphatic heterocycles. The van der Waals surface area contributed by atoms with Gasteiger partial charge in [0.1, 0.15) is 11.0 Å². The predicted molar refractivity (Wildman–Crippen MR) is 65.0 cm³/mol. The number of rotatable bonds is 1. The first-order chi connectivity index (χ1) is 8.74. The van der Waals surface area contributed by atoms with E-state index in [2.05, 4.69) is 15.4 Å². The van der Waals surface area contributed by atoms with E-state index in [4.69, 9.17) is 0 Å². The molecule has 0 aliphatic carbocycles. The molecule has 0 bridgehead atoms. The molecule has 2 aromatic rings. The van der Waals surface area contributed by atoms with Crippen LogP contribution in [-0.4, -0.2) is 50.5 Å². The number of β-amino-alcohol motifs (C(OH)–C–C–N with tert-alkyl or cyclic N) is 1. The second-order valence-electron chi connectivity index (χ2n) is 4.57. The van der Waals surface area contributed by atoms with Crippen LogP contribution in [0.5, 0.6) is 0 Å². The Hall–Kier alpha value is -1.95. The summed E-state index contributed by atoms with van der Waals surface area (Å²) in [5.41, 5.74) is 2.01. The summed E-state index contributed by atoms with van der Waals surface area (Å²) in [7, 11) is 0.